The number of rotatable bonds is 6. The summed E-state index contributed by atoms with van der Waals surface area (Å²) in [6, 6.07) is 6.91. The van der Waals surface area contributed by atoms with Crippen LogP contribution >= 0.6 is 11.6 Å². The summed E-state index contributed by atoms with van der Waals surface area (Å²) in [7, 11) is 0. The van der Waals surface area contributed by atoms with Gasteiger partial charge in [-0.05, 0) is 24.3 Å². The van der Waals surface area contributed by atoms with Crippen molar-refractivity contribution in [2.75, 3.05) is 16.5 Å². The van der Waals surface area contributed by atoms with Crippen LogP contribution in [-0.4, -0.2) is 42.6 Å². The zero-order chi connectivity index (χ0) is 17.8. The molecule has 3 rings (SSSR count). The van der Waals surface area contributed by atoms with Gasteiger partial charge in [-0.3, -0.25) is 9.59 Å². The number of fused-ring (bicyclic) bond motifs is 1. The number of nitrogens with zero attached hydrogens (tertiary/aromatic N) is 4. The minimum Gasteiger partial charge on any atom is -0.480 e. The van der Waals surface area contributed by atoms with Crippen molar-refractivity contribution in [3.8, 4) is 0 Å². The Kier molecular flexibility index (Phi) is 4.75. The molecule has 0 aliphatic heterocycles. The summed E-state index contributed by atoms with van der Waals surface area (Å²) in [5, 5.41) is 18.7. The van der Waals surface area contributed by atoms with Crippen molar-refractivity contribution < 1.29 is 14.7 Å². The smallest absolute Gasteiger partial charge is 0.325 e. The lowest BCUT2D eigenvalue weighted by molar-refractivity contribution is -0.137. The Labute approximate surface area is 146 Å². The number of carboxylic acids is 1. The van der Waals surface area contributed by atoms with Crippen molar-refractivity contribution in [2.24, 2.45) is 0 Å². The molecule has 0 aliphatic carbocycles. The Morgan fingerprint density at radius 3 is 2.56 bits per heavy atom. The summed E-state index contributed by atoms with van der Waals surface area (Å²) in [5.74, 6) is -0.995. The van der Waals surface area contributed by atoms with Gasteiger partial charge in [0.25, 0.3) is 0 Å². The number of hydrogen-bond acceptors (Lipinski definition) is 6. The molecule has 3 N–H and O–H groups in total. The molecule has 25 heavy (non-hydrogen) atoms. The zero-order valence-electron chi connectivity index (χ0n) is 12.8. The Balaban J connectivity index is 1.86. The molecule has 2 aromatic heterocycles. The molecule has 9 nitrogen and oxygen atoms in total. The van der Waals surface area contributed by atoms with E-state index in [0.717, 1.165) is 0 Å². The molecule has 0 saturated heterocycles. The Morgan fingerprint density at radius 1 is 1.16 bits per heavy atom. The molecule has 2 heterocycles. The van der Waals surface area contributed by atoms with Gasteiger partial charge in [-0.2, -0.15) is 5.10 Å². The maximum atomic E-state index is 11.3. The third kappa shape index (κ3) is 3.83. The van der Waals surface area contributed by atoms with E-state index in [1.807, 2.05) is 0 Å². The molecule has 0 bridgehead atoms. The molecule has 1 aromatic carbocycles. The van der Waals surface area contributed by atoms with Crippen LogP contribution in [0.15, 0.2) is 36.8 Å². The number of carbonyl (C=O) groups excluding carboxylic acids is 1. The zero-order valence-corrected chi connectivity index (χ0v) is 13.6. The minimum absolute atomic E-state index is 0.119. The first-order valence-corrected chi connectivity index (χ1v) is 7.71. The maximum absolute atomic E-state index is 11.3. The van der Waals surface area contributed by atoms with Crippen molar-refractivity contribution in [3.63, 3.8) is 0 Å². The Bertz CT molecular complexity index is 925. The lowest BCUT2D eigenvalue weighted by atomic mass is 10.2. The fourth-order valence-electron chi connectivity index (χ4n) is 2.23. The summed E-state index contributed by atoms with van der Waals surface area (Å²) < 4.78 is 1.31. The van der Waals surface area contributed by atoms with E-state index < -0.39 is 5.97 Å². The number of amides is 1. The predicted molar refractivity (Wildman–Crippen MR) is 92.0 cm³/mol. The van der Waals surface area contributed by atoms with E-state index in [2.05, 4.69) is 25.7 Å². The molecule has 1 amide bonds. The summed E-state index contributed by atoms with van der Waals surface area (Å²) in [4.78, 5) is 30.5. The lowest BCUT2D eigenvalue weighted by Crippen LogP contribution is -2.12. The number of alkyl halides is 1. The summed E-state index contributed by atoms with van der Waals surface area (Å²) in [6.07, 6.45) is 2.85. The number of hydrogen-bond donors (Lipinski definition) is 3. The Morgan fingerprint density at radius 2 is 1.88 bits per heavy atom. The average Bonchev–Trinajstić information content (AvgIpc) is 3.00. The fraction of sp³-hybridized carbons (Fsp3) is 0.133. The van der Waals surface area contributed by atoms with Gasteiger partial charge >= 0.3 is 5.97 Å². The van der Waals surface area contributed by atoms with Crippen LogP contribution < -0.4 is 10.6 Å². The summed E-state index contributed by atoms with van der Waals surface area (Å²) >= 11 is 5.45. The number of nitrogens with one attached hydrogen (secondary N) is 2. The van der Waals surface area contributed by atoms with E-state index in [4.69, 9.17) is 16.7 Å². The normalized spacial score (nSPS) is 10.6. The number of halogens is 1. The first kappa shape index (κ1) is 16.7. The van der Waals surface area contributed by atoms with Crippen molar-refractivity contribution >= 4 is 51.7 Å². The Hall–Kier alpha value is -3.20. The SMILES string of the molecule is O=C(O)Cn1ncc2ncnc(Nc3ccc(NC(=O)CCl)cc3)c21. The summed E-state index contributed by atoms with van der Waals surface area (Å²) in [6.45, 7) is -0.297. The van der Waals surface area contributed by atoms with Gasteiger partial charge in [0, 0.05) is 11.4 Å². The number of anilines is 3. The second-order valence-corrected chi connectivity index (χ2v) is 5.30. The van der Waals surface area contributed by atoms with E-state index in [-0.39, 0.29) is 18.3 Å². The molecule has 10 heteroatoms. The second-order valence-electron chi connectivity index (χ2n) is 5.04. The molecular weight excluding hydrogens is 348 g/mol. The third-order valence-corrected chi connectivity index (χ3v) is 3.51. The summed E-state index contributed by atoms with van der Waals surface area (Å²) in [5.41, 5.74) is 2.33. The molecule has 0 fully saturated rings. The highest BCUT2D eigenvalue weighted by molar-refractivity contribution is 6.29. The van der Waals surface area contributed by atoms with Gasteiger partial charge in [0.1, 0.15) is 29.8 Å². The molecule has 0 atom stereocenters. The van der Waals surface area contributed by atoms with E-state index in [0.29, 0.717) is 28.2 Å². The lowest BCUT2D eigenvalue weighted by Gasteiger charge is -2.09. The molecule has 3 aromatic rings. The highest BCUT2D eigenvalue weighted by Gasteiger charge is 2.13. The molecule has 0 unspecified atom stereocenters. The van der Waals surface area contributed by atoms with Crippen molar-refractivity contribution in [2.45, 2.75) is 6.54 Å². The van der Waals surface area contributed by atoms with Gasteiger partial charge in [-0.15, -0.1) is 11.6 Å². The number of aromatic nitrogens is 4. The van der Waals surface area contributed by atoms with Crippen molar-refractivity contribution in [3.05, 3.63) is 36.8 Å². The molecule has 0 saturated carbocycles. The van der Waals surface area contributed by atoms with Crippen molar-refractivity contribution in [1.82, 2.24) is 19.7 Å². The number of carboxylic acid groups (broad SMARTS) is 1. The van der Waals surface area contributed by atoms with Gasteiger partial charge in [0.2, 0.25) is 5.91 Å². The van der Waals surface area contributed by atoms with Crippen LogP contribution in [-0.2, 0) is 16.1 Å². The first-order chi connectivity index (χ1) is 12.1. The molecular formula is C15H13ClN6O3. The van der Waals surface area contributed by atoms with Gasteiger partial charge < -0.3 is 15.7 Å². The van der Waals surface area contributed by atoms with Crippen LogP contribution in [0.4, 0.5) is 17.2 Å². The highest BCUT2D eigenvalue weighted by atomic mass is 35.5. The maximum Gasteiger partial charge on any atom is 0.325 e. The standard InChI is InChI=1S/C15H13ClN6O3/c16-5-12(23)20-9-1-3-10(4-2-9)21-15-14-11(17-8-18-15)6-19-22(14)7-13(24)25/h1-4,6,8H,5,7H2,(H,20,23)(H,24,25)(H,17,18,21). The van der Waals surface area contributed by atoms with E-state index in [1.54, 1.807) is 24.3 Å². The van der Waals surface area contributed by atoms with Gasteiger partial charge in [0.05, 0.1) is 6.20 Å². The monoisotopic (exact) mass is 360 g/mol. The van der Waals surface area contributed by atoms with Crippen LogP contribution in [0.2, 0.25) is 0 Å². The average molecular weight is 361 g/mol. The number of aliphatic carboxylic acids is 1. The fourth-order valence-corrected chi connectivity index (χ4v) is 2.30. The van der Waals surface area contributed by atoms with Crippen molar-refractivity contribution in [1.29, 1.82) is 0 Å². The van der Waals surface area contributed by atoms with Gasteiger partial charge in [0.15, 0.2) is 5.82 Å². The molecule has 0 aliphatic rings. The molecule has 0 spiro atoms. The quantitative estimate of drug-likeness (QED) is 0.573. The van der Waals surface area contributed by atoms with Crippen LogP contribution in [0.1, 0.15) is 0 Å². The van der Waals surface area contributed by atoms with Crippen LogP contribution in [0.5, 0.6) is 0 Å². The van der Waals surface area contributed by atoms with Crippen LogP contribution in [0, 0.1) is 0 Å². The van der Waals surface area contributed by atoms with Gasteiger partial charge in [-0.25, -0.2) is 14.6 Å². The largest absolute Gasteiger partial charge is 0.480 e. The van der Waals surface area contributed by atoms with E-state index in [1.165, 1.54) is 17.2 Å². The minimum atomic E-state index is -1.01. The van der Waals surface area contributed by atoms with Crippen LogP contribution in [0.3, 0.4) is 0 Å². The second kappa shape index (κ2) is 7.14. The number of carbonyl (C=O) groups is 2. The molecule has 0 radical (unpaired) electrons. The predicted octanol–water partition coefficient (Wildman–Crippen LogP) is 1.83. The van der Waals surface area contributed by atoms with E-state index in [9.17, 15) is 9.59 Å². The highest BCUT2D eigenvalue weighted by Crippen LogP contribution is 2.23. The van der Waals surface area contributed by atoms with Crippen LogP contribution in [0.25, 0.3) is 11.0 Å². The third-order valence-electron chi connectivity index (χ3n) is 3.27. The molecule has 128 valence electrons. The topological polar surface area (TPSA) is 122 Å². The van der Waals surface area contributed by atoms with Gasteiger partial charge in [-0.1, -0.05) is 0 Å². The number of benzene rings is 1. The van der Waals surface area contributed by atoms with E-state index >= 15 is 0 Å². The first-order valence-electron chi connectivity index (χ1n) is 7.18.